The Balaban J connectivity index is 1.59. The van der Waals surface area contributed by atoms with Crippen molar-refractivity contribution in [1.29, 1.82) is 0 Å². The number of hydrogen-bond donors (Lipinski definition) is 2. The fraction of sp³-hybridized carbons (Fsp3) is 0.375. The number of amides is 2. The SMILES string of the molecule is Cc1n[nH]c(C)c1N1CCN(C(=O)Nc2cccc(Cl)c2)CC1. The van der Waals surface area contributed by atoms with Crippen LogP contribution in [0, 0.1) is 13.8 Å². The van der Waals surface area contributed by atoms with E-state index in [0.717, 1.165) is 30.2 Å². The van der Waals surface area contributed by atoms with Crippen LogP contribution >= 0.6 is 11.6 Å². The van der Waals surface area contributed by atoms with Crippen LogP contribution in [-0.4, -0.2) is 47.3 Å². The maximum Gasteiger partial charge on any atom is 0.321 e. The van der Waals surface area contributed by atoms with Crippen LogP contribution in [0.1, 0.15) is 11.4 Å². The third-order valence-electron chi connectivity index (χ3n) is 4.05. The molecule has 23 heavy (non-hydrogen) atoms. The molecule has 6 nitrogen and oxygen atoms in total. The fourth-order valence-corrected chi connectivity index (χ4v) is 3.10. The van der Waals surface area contributed by atoms with Gasteiger partial charge in [-0.2, -0.15) is 5.10 Å². The van der Waals surface area contributed by atoms with E-state index >= 15 is 0 Å². The van der Waals surface area contributed by atoms with E-state index in [2.05, 4.69) is 20.4 Å². The number of nitrogens with zero attached hydrogens (tertiary/aromatic N) is 3. The summed E-state index contributed by atoms with van der Waals surface area (Å²) in [5.41, 5.74) is 3.94. The Morgan fingerprint density at radius 1 is 1.26 bits per heavy atom. The number of aromatic nitrogens is 2. The van der Waals surface area contributed by atoms with Gasteiger partial charge in [-0.05, 0) is 32.0 Å². The molecule has 122 valence electrons. The molecule has 2 aromatic rings. The summed E-state index contributed by atoms with van der Waals surface area (Å²) in [7, 11) is 0. The Kier molecular flexibility index (Phi) is 4.43. The minimum absolute atomic E-state index is 0.0902. The van der Waals surface area contributed by atoms with Crippen LogP contribution in [0.25, 0.3) is 0 Å². The second-order valence-electron chi connectivity index (χ2n) is 5.70. The molecule has 0 saturated carbocycles. The normalized spacial score (nSPS) is 14.9. The Labute approximate surface area is 140 Å². The molecule has 0 spiro atoms. The predicted octanol–water partition coefficient (Wildman–Crippen LogP) is 3.03. The Bertz CT molecular complexity index is 687. The lowest BCUT2D eigenvalue weighted by Crippen LogP contribution is -2.50. The van der Waals surface area contributed by atoms with E-state index in [9.17, 15) is 4.79 Å². The molecular formula is C16H20ClN5O. The quantitative estimate of drug-likeness (QED) is 0.888. The van der Waals surface area contributed by atoms with Crippen LogP contribution in [0.15, 0.2) is 24.3 Å². The molecule has 2 heterocycles. The summed E-state index contributed by atoms with van der Waals surface area (Å²) in [6, 6.07) is 7.09. The number of urea groups is 1. The monoisotopic (exact) mass is 333 g/mol. The topological polar surface area (TPSA) is 64.3 Å². The van der Waals surface area contributed by atoms with Crippen LogP contribution in [0.5, 0.6) is 0 Å². The highest BCUT2D eigenvalue weighted by molar-refractivity contribution is 6.30. The van der Waals surface area contributed by atoms with Gasteiger partial charge in [-0.3, -0.25) is 5.10 Å². The maximum absolute atomic E-state index is 12.3. The number of carbonyl (C=O) groups is 1. The molecule has 1 saturated heterocycles. The van der Waals surface area contributed by atoms with Crippen molar-refractivity contribution in [3.8, 4) is 0 Å². The molecule has 3 rings (SSSR count). The molecule has 1 aromatic heterocycles. The maximum atomic E-state index is 12.3. The van der Waals surface area contributed by atoms with E-state index in [4.69, 9.17) is 11.6 Å². The summed E-state index contributed by atoms with van der Waals surface area (Å²) in [5, 5.41) is 10.7. The number of anilines is 2. The van der Waals surface area contributed by atoms with Crippen molar-refractivity contribution in [2.24, 2.45) is 0 Å². The van der Waals surface area contributed by atoms with Crippen LogP contribution < -0.4 is 10.2 Å². The van der Waals surface area contributed by atoms with Crippen molar-refractivity contribution in [1.82, 2.24) is 15.1 Å². The van der Waals surface area contributed by atoms with Crippen molar-refractivity contribution in [2.45, 2.75) is 13.8 Å². The van der Waals surface area contributed by atoms with E-state index in [1.807, 2.05) is 30.9 Å². The Hall–Kier alpha value is -2.21. The number of piperazine rings is 1. The summed E-state index contributed by atoms with van der Waals surface area (Å²) in [6.45, 7) is 6.96. The zero-order valence-electron chi connectivity index (χ0n) is 13.3. The lowest BCUT2D eigenvalue weighted by Gasteiger charge is -2.36. The number of aromatic amines is 1. The van der Waals surface area contributed by atoms with Gasteiger partial charge >= 0.3 is 6.03 Å². The number of halogens is 1. The fourth-order valence-electron chi connectivity index (χ4n) is 2.91. The molecule has 0 radical (unpaired) electrons. The number of benzene rings is 1. The van der Waals surface area contributed by atoms with Gasteiger partial charge in [0.05, 0.1) is 17.1 Å². The van der Waals surface area contributed by atoms with Crippen LogP contribution in [0.3, 0.4) is 0 Å². The number of rotatable bonds is 2. The van der Waals surface area contributed by atoms with E-state index in [0.29, 0.717) is 23.8 Å². The first-order valence-corrected chi connectivity index (χ1v) is 8.00. The largest absolute Gasteiger partial charge is 0.365 e. The molecule has 1 aromatic carbocycles. The summed E-state index contributed by atoms with van der Waals surface area (Å²) in [5.74, 6) is 0. The Morgan fingerprint density at radius 3 is 2.61 bits per heavy atom. The van der Waals surface area contributed by atoms with Gasteiger partial charge in [-0.25, -0.2) is 4.79 Å². The molecule has 1 fully saturated rings. The van der Waals surface area contributed by atoms with Crippen molar-refractivity contribution in [2.75, 3.05) is 36.4 Å². The molecule has 7 heteroatoms. The lowest BCUT2D eigenvalue weighted by atomic mass is 10.2. The first-order chi connectivity index (χ1) is 11.0. The number of aryl methyl sites for hydroxylation is 2. The second-order valence-corrected chi connectivity index (χ2v) is 6.13. The van der Waals surface area contributed by atoms with Gasteiger partial charge in [0.25, 0.3) is 0 Å². The molecule has 0 bridgehead atoms. The highest BCUT2D eigenvalue weighted by Gasteiger charge is 2.24. The van der Waals surface area contributed by atoms with Crippen molar-refractivity contribution >= 4 is 29.0 Å². The zero-order valence-corrected chi connectivity index (χ0v) is 14.0. The van der Waals surface area contributed by atoms with E-state index in [1.165, 1.54) is 0 Å². The average molecular weight is 334 g/mol. The molecular weight excluding hydrogens is 314 g/mol. The van der Waals surface area contributed by atoms with Gasteiger partial charge < -0.3 is 15.1 Å². The van der Waals surface area contributed by atoms with Gasteiger partial charge in [-0.1, -0.05) is 17.7 Å². The molecule has 2 N–H and O–H groups in total. The van der Waals surface area contributed by atoms with Crippen LogP contribution in [0.2, 0.25) is 5.02 Å². The summed E-state index contributed by atoms with van der Waals surface area (Å²) in [4.78, 5) is 16.4. The zero-order chi connectivity index (χ0) is 16.4. The van der Waals surface area contributed by atoms with Crippen molar-refractivity contribution in [3.05, 3.63) is 40.7 Å². The highest BCUT2D eigenvalue weighted by Crippen LogP contribution is 2.23. The predicted molar refractivity (Wildman–Crippen MR) is 92.3 cm³/mol. The van der Waals surface area contributed by atoms with Crippen LogP contribution in [0.4, 0.5) is 16.2 Å². The first-order valence-electron chi connectivity index (χ1n) is 7.62. The molecule has 0 unspecified atom stereocenters. The molecule has 0 atom stereocenters. The highest BCUT2D eigenvalue weighted by atomic mass is 35.5. The average Bonchev–Trinajstić information content (AvgIpc) is 2.86. The van der Waals surface area contributed by atoms with Gasteiger partial charge in [0.15, 0.2) is 0 Å². The molecule has 0 aliphatic carbocycles. The summed E-state index contributed by atoms with van der Waals surface area (Å²) < 4.78 is 0. The lowest BCUT2D eigenvalue weighted by molar-refractivity contribution is 0.208. The van der Waals surface area contributed by atoms with Gasteiger partial charge in [-0.15, -0.1) is 0 Å². The van der Waals surface area contributed by atoms with E-state index in [-0.39, 0.29) is 6.03 Å². The number of H-pyrrole nitrogens is 1. The number of nitrogens with one attached hydrogen (secondary N) is 2. The van der Waals surface area contributed by atoms with Crippen molar-refractivity contribution < 1.29 is 4.79 Å². The third kappa shape index (κ3) is 3.42. The summed E-state index contributed by atoms with van der Waals surface area (Å²) in [6.07, 6.45) is 0. The number of carbonyl (C=O) groups excluding carboxylic acids is 1. The molecule has 2 amide bonds. The third-order valence-corrected chi connectivity index (χ3v) is 4.28. The molecule has 1 aliphatic rings. The summed E-state index contributed by atoms with van der Waals surface area (Å²) >= 11 is 5.94. The second kappa shape index (κ2) is 6.50. The smallest absolute Gasteiger partial charge is 0.321 e. The van der Waals surface area contributed by atoms with E-state index in [1.54, 1.807) is 12.1 Å². The van der Waals surface area contributed by atoms with Gasteiger partial charge in [0.2, 0.25) is 0 Å². The Morgan fingerprint density at radius 2 is 2.00 bits per heavy atom. The van der Waals surface area contributed by atoms with E-state index < -0.39 is 0 Å². The first kappa shape index (κ1) is 15.7. The minimum Gasteiger partial charge on any atom is -0.365 e. The van der Waals surface area contributed by atoms with Crippen molar-refractivity contribution in [3.63, 3.8) is 0 Å². The van der Waals surface area contributed by atoms with Gasteiger partial charge in [0, 0.05) is 36.9 Å². The molecule has 1 aliphatic heterocycles. The standard InChI is InChI=1S/C16H20ClN5O/c1-11-15(12(2)20-19-11)21-6-8-22(9-7-21)16(23)18-14-5-3-4-13(17)10-14/h3-5,10H,6-9H2,1-2H3,(H,18,23)(H,19,20). The minimum atomic E-state index is -0.0902. The van der Waals surface area contributed by atoms with Crippen LogP contribution in [-0.2, 0) is 0 Å². The van der Waals surface area contributed by atoms with Gasteiger partial charge in [0.1, 0.15) is 0 Å². The number of hydrogen-bond acceptors (Lipinski definition) is 3.